The molecule has 1 atom stereocenters. The first-order valence-electron chi connectivity index (χ1n) is 6.25. The van der Waals surface area contributed by atoms with Gasteiger partial charge in [0, 0.05) is 11.6 Å². The van der Waals surface area contributed by atoms with E-state index in [9.17, 15) is 0 Å². The average molecular weight is 251 g/mol. The summed E-state index contributed by atoms with van der Waals surface area (Å²) in [5.41, 5.74) is 2.50. The molecule has 2 rings (SSSR count). The Labute approximate surface area is 108 Å². The molecule has 0 fully saturated rings. The number of nitrogens with one attached hydrogen (secondary N) is 1. The minimum Gasteiger partial charge on any atom is -0.493 e. The van der Waals surface area contributed by atoms with Crippen molar-refractivity contribution in [2.24, 2.45) is 0 Å². The summed E-state index contributed by atoms with van der Waals surface area (Å²) in [5.74, 6) is 2.23. The molecule has 0 amide bonds. The predicted molar refractivity (Wildman–Crippen MR) is 70.8 cm³/mol. The molecule has 1 aromatic rings. The molecule has 0 spiro atoms. The van der Waals surface area contributed by atoms with E-state index in [1.54, 1.807) is 21.3 Å². The molecule has 0 bridgehead atoms. The second-order valence-corrected chi connectivity index (χ2v) is 4.45. The number of hydrogen-bond donors (Lipinski definition) is 1. The van der Waals surface area contributed by atoms with Gasteiger partial charge in [-0.1, -0.05) is 0 Å². The predicted octanol–water partition coefficient (Wildman–Crippen LogP) is 2.31. The maximum atomic E-state index is 5.54. The van der Waals surface area contributed by atoms with Crippen LogP contribution in [0.4, 0.5) is 0 Å². The van der Waals surface area contributed by atoms with Crippen molar-refractivity contribution in [3.8, 4) is 17.2 Å². The van der Waals surface area contributed by atoms with Crippen molar-refractivity contribution < 1.29 is 14.2 Å². The van der Waals surface area contributed by atoms with Gasteiger partial charge < -0.3 is 19.5 Å². The van der Waals surface area contributed by atoms with Crippen molar-refractivity contribution in [1.82, 2.24) is 5.32 Å². The first kappa shape index (κ1) is 13.0. The van der Waals surface area contributed by atoms with E-state index in [0.29, 0.717) is 11.8 Å². The van der Waals surface area contributed by atoms with Crippen molar-refractivity contribution in [1.29, 1.82) is 0 Å². The van der Waals surface area contributed by atoms with Gasteiger partial charge in [-0.25, -0.2) is 0 Å². The molecule has 4 nitrogen and oxygen atoms in total. The van der Waals surface area contributed by atoms with Crippen molar-refractivity contribution in [3.63, 3.8) is 0 Å². The van der Waals surface area contributed by atoms with Gasteiger partial charge in [0.1, 0.15) is 0 Å². The van der Waals surface area contributed by atoms with Gasteiger partial charge in [0.2, 0.25) is 5.75 Å². The summed E-state index contributed by atoms with van der Waals surface area (Å²) in [6, 6.07) is 2.43. The van der Waals surface area contributed by atoms with Crippen LogP contribution in [0.1, 0.15) is 30.0 Å². The Kier molecular flexibility index (Phi) is 3.97. The Balaban J connectivity index is 2.62. The molecule has 18 heavy (non-hydrogen) atoms. The normalized spacial score (nSPS) is 18.1. The molecule has 0 radical (unpaired) electrons. The highest BCUT2D eigenvalue weighted by Gasteiger charge is 2.27. The maximum absolute atomic E-state index is 5.54. The first-order chi connectivity index (χ1) is 8.76. The van der Waals surface area contributed by atoms with Crippen LogP contribution in [0.25, 0.3) is 0 Å². The Bertz CT molecular complexity index is 432. The van der Waals surface area contributed by atoms with Crippen LogP contribution in [0.15, 0.2) is 6.07 Å². The van der Waals surface area contributed by atoms with E-state index in [-0.39, 0.29) is 0 Å². The van der Waals surface area contributed by atoms with Gasteiger partial charge in [0.15, 0.2) is 11.5 Å². The van der Waals surface area contributed by atoms with Crippen LogP contribution in [0.2, 0.25) is 0 Å². The minimum atomic E-state index is 0.363. The zero-order valence-electron chi connectivity index (χ0n) is 11.5. The molecule has 1 aliphatic rings. The monoisotopic (exact) mass is 251 g/mol. The Morgan fingerprint density at radius 2 is 1.83 bits per heavy atom. The van der Waals surface area contributed by atoms with Crippen molar-refractivity contribution >= 4 is 0 Å². The highest BCUT2D eigenvalue weighted by atomic mass is 16.5. The van der Waals surface area contributed by atoms with Gasteiger partial charge in [-0.05, 0) is 37.9 Å². The molecule has 100 valence electrons. The molecular weight excluding hydrogens is 230 g/mol. The standard InChI is InChI=1S/C14H21NO3/c1-15-11-7-5-6-9-10(11)8-12(16-2)14(18-4)13(9)17-3/h8,11,15H,5-7H2,1-4H3. The molecule has 0 saturated heterocycles. The summed E-state index contributed by atoms with van der Waals surface area (Å²) < 4.78 is 16.4. The number of methoxy groups -OCH3 is 3. The Morgan fingerprint density at radius 1 is 1.11 bits per heavy atom. The number of hydrogen-bond acceptors (Lipinski definition) is 4. The average Bonchev–Trinajstić information content (AvgIpc) is 2.44. The van der Waals surface area contributed by atoms with Gasteiger partial charge in [0.25, 0.3) is 0 Å². The van der Waals surface area contributed by atoms with Crippen LogP contribution in [-0.2, 0) is 6.42 Å². The van der Waals surface area contributed by atoms with Crippen LogP contribution in [0, 0.1) is 0 Å². The third-order valence-electron chi connectivity index (χ3n) is 3.61. The number of fused-ring (bicyclic) bond motifs is 1. The van der Waals surface area contributed by atoms with E-state index in [1.165, 1.54) is 11.1 Å². The third-order valence-corrected chi connectivity index (χ3v) is 3.61. The molecule has 1 aromatic carbocycles. The quantitative estimate of drug-likeness (QED) is 0.891. The lowest BCUT2D eigenvalue weighted by molar-refractivity contribution is 0.318. The number of rotatable bonds is 4. The zero-order valence-corrected chi connectivity index (χ0v) is 11.5. The molecule has 1 aliphatic carbocycles. The fourth-order valence-electron chi connectivity index (χ4n) is 2.74. The molecule has 4 heteroatoms. The lowest BCUT2D eigenvalue weighted by Gasteiger charge is -2.28. The fraction of sp³-hybridized carbons (Fsp3) is 0.571. The van der Waals surface area contributed by atoms with E-state index in [0.717, 1.165) is 30.8 Å². The third kappa shape index (κ3) is 2.01. The van der Waals surface area contributed by atoms with Crippen molar-refractivity contribution in [2.45, 2.75) is 25.3 Å². The largest absolute Gasteiger partial charge is 0.493 e. The lowest BCUT2D eigenvalue weighted by Crippen LogP contribution is -2.22. The van der Waals surface area contributed by atoms with E-state index in [2.05, 4.69) is 11.4 Å². The van der Waals surface area contributed by atoms with E-state index in [1.807, 2.05) is 7.05 Å². The molecule has 1 N–H and O–H groups in total. The molecule has 1 unspecified atom stereocenters. The van der Waals surface area contributed by atoms with Gasteiger partial charge in [-0.15, -0.1) is 0 Å². The van der Waals surface area contributed by atoms with Crippen LogP contribution in [0.5, 0.6) is 17.2 Å². The van der Waals surface area contributed by atoms with E-state index >= 15 is 0 Å². The topological polar surface area (TPSA) is 39.7 Å². The molecule has 0 aliphatic heterocycles. The summed E-state index contributed by atoms with van der Waals surface area (Å²) in [6.45, 7) is 0. The molecule has 0 heterocycles. The van der Waals surface area contributed by atoms with Crippen molar-refractivity contribution in [3.05, 3.63) is 17.2 Å². The molecule has 0 aromatic heterocycles. The Hall–Kier alpha value is -1.42. The second kappa shape index (κ2) is 5.48. The SMILES string of the molecule is CNC1CCCc2c1cc(OC)c(OC)c2OC. The maximum Gasteiger partial charge on any atom is 0.203 e. The smallest absolute Gasteiger partial charge is 0.203 e. The van der Waals surface area contributed by atoms with Gasteiger partial charge >= 0.3 is 0 Å². The van der Waals surface area contributed by atoms with Gasteiger partial charge in [-0.3, -0.25) is 0 Å². The molecule has 0 saturated carbocycles. The van der Waals surface area contributed by atoms with E-state index in [4.69, 9.17) is 14.2 Å². The summed E-state index contributed by atoms with van der Waals surface area (Å²) in [5, 5.41) is 3.35. The zero-order chi connectivity index (χ0) is 13.1. The summed E-state index contributed by atoms with van der Waals surface area (Å²) >= 11 is 0. The van der Waals surface area contributed by atoms with Crippen LogP contribution < -0.4 is 19.5 Å². The number of benzene rings is 1. The van der Waals surface area contributed by atoms with Crippen LogP contribution >= 0.6 is 0 Å². The first-order valence-corrected chi connectivity index (χ1v) is 6.25. The van der Waals surface area contributed by atoms with Crippen LogP contribution in [-0.4, -0.2) is 28.4 Å². The highest BCUT2D eigenvalue weighted by Crippen LogP contribution is 2.46. The summed E-state index contributed by atoms with van der Waals surface area (Å²) in [4.78, 5) is 0. The van der Waals surface area contributed by atoms with Crippen LogP contribution in [0.3, 0.4) is 0 Å². The van der Waals surface area contributed by atoms with Gasteiger partial charge in [0.05, 0.1) is 21.3 Å². The summed E-state index contributed by atoms with van der Waals surface area (Å²) in [6.07, 6.45) is 3.32. The molecular formula is C14H21NO3. The summed E-state index contributed by atoms with van der Waals surface area (Å²) in [7, 11) is 6.97. The lowest BCUT2D eigenvalue weighted by atomic mass is 9.86. The highest BCUT2D eigenvalue weighted by molar-refractivity contribution is 5.60. The Morgan fingerprint density at radius 3 is 2.39 bits per heavy atom. The van der Waals surface area contributed by atoms with E-state index < -0.39 is 0 Å². The van der Waals surface area contributed by atoms with Gasteiger partial charge in [-0.2, -0.15) is 0 Å². The number of ether oxygens (including phenoxy) is 3. The second-order valence-electron chi connectivity index (χ2n) is 4.45. The van der Waals surface area contributed by atoms with Crippen molar-refractivity contribution in [2.75, 3.05) is 28.4 Å². The minimum absolute atomic E-state index is 0.363. The fourth-order valence-corrected chi connectivity index (χ4v) is 2.74.